The number of halogens is 1. The van der Waals surface area contributed by atoms with Gasteiger partial charge in [-0.3, -0.25) is 9.59 Å². The summed E-state index contributed by atoms with van der Waals surface area (Å²) in [4.78, 5) is 34.5. The van der Waals surface area contributed by atoms with Crippen LogP contribution in [0, 0.1) is 5.82 Å². The van der Waals surface area contributed by atoms with E-state index in [1.54, 1.807) is 0 Å². The van der Waals surface area contributed by atoms with Crippen molar-refractivity contribution in [2.45, 2.75) is 0 Å². The highest BCUT2D eigenvalue weighted by Gasteiger charge is 2.17. The van der Waals surface area contributed by atoms with Gasteiger partial charge in [-0.2, -0.15) is 0 Å². The van der Waals surface area contributed by atoms with Crippen LogP contribution < -0.4 is 10.9 Å². The van der Waals surface area contributed by atoms with E-state index < -0.39 is 28.9 Å². The van der Waals surface area contributed by atoms with E-state index in [-0.39, 0.29) is 11.1 Å². The zero-order chi connectivity index (χ0) is 15.6. The van der Waals surface area contributed by atoms with Crippen LogP contribution in [0.3, 0.4) is 0 Å². The summed E-state index contributed by atoms with van der Waals surface area (Å²) in [5.41, 5.74) is -1.20. The first kappa shape index (κ1) is 14.4. The minimum absolute atomic E-state index is 0.0118. The Kier molecular flexibility index (Phi) is 3.84. The molecular weight excluding hydrogens is 279 g/mol. The van der Waals surface area contributed by atoms with Crippen molar-refractivity contribution in [2.75, 3.05) is 5.32 Å². The quantitative estimate of drug-likeness (QED) is 0.896. The average molecular weight is 290 g/mol. The molecular formula is C14H11FN2O4. The van der Waals surface area contributed by atoms with Crippen LogP contribution in [-0.4, -0.2) is 21.6 Å². The summed E-state index contributed by atoms with van der Waals surface area (Å²) in [5.74, 6) is -3.00. The summed E-state index contributed by atoms with van der Waals surface area (Å²) in [6.07, 6.45) is 1.39. The van der Waals surface area contributed by atoms with E-state index in [0.29, 0.717) is 0 Å². The topological polar surface area (TPSA) is 88.4 Å². The summed E-state index contributed by atoms with van der Waals surface area (Å²) in [6.45, 7) is 0. The van der Waals surface area contributed by atoms with Crippen molar-refractivity contribution >= 4 is 17.6 Å². The molecule has 0 aliphatic carbocycles. The van der Waals surface area contributed by atoms with Gasteiger partial charge in [-0.25, -0.2) is 9.18 Å². The minimum atomic E-state index is -1.37. The molecule has 2 rings (SSSR count). The Morgan fingerprint density at radius 1 is 1.29 bits per heavy atom. The fourth-order valence-corrected chi connectivity index (χ4v) is 1.70. The third kappa shape index (κ3) is 2.97. The monoisotopic (exact) mass is 290 g/mol. The number of nitrogens with one attached hydrogen (secondary N) is 1. The fourth-order valence-electron chi connectivity index (χ4n) is 1.70. The molecule has 0 spiro atoms. The Hall–Kier alpha value is -2.96. The van der Waals surface area contributed by atoms with E-state index in [0.717, 1.165) is 12.1 Å². The lowest BCUT2D eigenvalue weighted by Crippen LogP contribution is -2.21. The Bertz CT molecular complexity index is 783. The van der Waals surface area contributed by atoms with Crippen LogP contribution in [0.5, 0.6) is 0 Å². The number of para-hydroxylation sites is 1. The smallest absolute Gasteiger partial charge is 0.337 e. The number of amides is 1. The summed E-state index contributed by atoms with van der Waals surface area (Å²) < 4.78 is 15.0. The molecule has 1 amide bonds. The molecule has 0 aliphatic rings. The number of pyridine rings is 1. The fraction of sp³-hybridized carbons (Fsp3) is 0.0714. The molecule has 0 fully saturated rings. The van der Waals surface area contributed by atoms with E-state index in [1.807, 2.05) is 0 Å². The zero-order valence-corrected chi connectivity index (χ0v) is 11.0. The van der Waals surface area contributed by atoms with Crippen molar-refractivity contribution in [3.63, 3.8) is 0 Å². The Labute approximate surface area is 118 Å². The van der Waals surface area contributed by atoms with Crippen molar-refractivity contribution in [1.82, 2.24) is 4.57 Å². The second kappa shape index (κ2) is 5.58. The van der Waals surface area contributed by atoms with E-state index >= 15 is 0 Å². The lowest BCUT2D eigenvalue weighted by Gasteiger charge is -2.09. The Balaban J connectivity index is 2.38. The van der Waals surface area contributed by atoms with E-state index in [1.165, 1.54) is 36.0 Å². The first-order valence-corrected chi connectivity index (χ1v) is 5.90. The number of aromatic carboxylic acids is 1. The largest absolute Gasteiger partial charge is 0.478 e. The van der Waals surface area contributed by atoms with Gasteiger partial charge in [0, 0.05) is 24.9 Å². The van der Waals surface area contributed by atoms with Gasteiger partial charge >= 0.3 is 5.97 Å². The van der Waals surface area contributed by atoms with E-state index in [4.69, 9.17) is 5.11 Å². The third-order valence-corrected chi connectivity index (χ3v) is 2.85. The number of anilines is 1. The van der Waals surface area contributed by atoms with Gasteiger partial charge < -0.3 is 15.0 Å². The number of aryl methyl sites for hydroxylation is 1. The number of benzene rings is 1. The van der Waals surface area contributed by atoms with Crippen LogP contribution in [0.15, 0.2) is 41.3 Å². The predicted octanol–water partition coefficient (Wildman–Crippen LogP) is 1.47. The first-order chi connectivity index (χ1) is 9.90. The van der Waals surface area contributed by atoms with Gasteiger partial charge in [0.2, 0.25) is 0 Å². The number of carbonyl (C=O) groups is 2. The van der Waals surface area contributed by atoms with Crippen molar-refractivity contribution in [3.8, 4) is 0 Å². The summed E-state index contributed by atoms with van der Waals surface area (Å²) in [5, 5.41) is 11.2. The van der Waals surface area contributed by atoms with Gasteiger partial charge in [-0.1, -0.05) is 6.07 Å². The molecule has 0 atom stereocenters. The van der Waals surface area contributed by atoms with Gasteiger partial charge in [-0.05, 0) is 18.2 Å². The van der Waals surface area contributed by atoms with Gasteiger partial charge in [-0.15, -0.1) is 0 Å². The number of aromatic nitrogens is 1. The van der Waals surface area contributed by atoms with Crippen LogP contribution >= 0.6 is 0 Å². The number of rotatable bonds is 3. The maximum absolute atomic E-state index is 13.7. The minimum Gasteiger partial charge on any atom is -0.478 e. The van der Waals surface area contributed by atoms with Crippen molar-refractivity contribution in [2.24, 2.45) is 7.05 Å². The average Bonchev–Trinajstić information content (AvgIpc) is 2.43. The molecule has 1 heterocycles. The van der Waals surface area contributed by atoms with Gasteiger partial charge in [0.1, 0.15) is 5.82 Å². The summed E-state index contributed by atoms with van der Waals surface area (Å²) in [6, 6.07) is 5.89. The molecule has 0 aliphatic heterocycles. The maximum Gasteiger partial charge on any atom is 0.337 e. The highest BCUT2D eigenvalue weighted by molar-refractivity contribution is 6.07. The standard InChI is InChI=1S/C14H11FN2O4/c1-17-6-5-8(7-11(17)18)13(19)16-12-9(14(20)21)3-2-4-10(12)15/h2-7H,1H3,(H,16,19)(H,20,21). The zero-order valence-electron chi connectivity index (χ0n) is 11.0. The molecule has 0 saturated heterocycles. The number of hydrogen-bond donors (Lipinski definition) is 2. The molecule has 1 aromatic heterocycles. The number of carbonyl (C=O) groups excluding carboxylic acids is 1. The molecule has 108 valence electrons. The number of hydrogen-bond acceptors (Lipinski definition) is 3. The second-order valence-corrected chi connectivity index (χ2v) is 4.29. The molecule has 1 aromatic carbocycles. The van der Waals surface area contributed by atoms with Crippen LogP contribution in [0.1, 0.15) is 20.7 Å². The Morgan fingerprint density at radius 2 is 2.00 bits per heavy atom. The van der Waals surface area contributed by atoms with Gasteiger partial charge in [0.05, 0.1) is 11.3 Å². The highest BCUT2D eigenvalue weighted by atomic mass is 19.1. The van der Waals surface area contributed by atoms with E-state index in [9.17, 15) is 18.8 Å². The normalized spacial score (nSPS) is 10.2. The SMILES string of the molecule is Cn1ccc(C(=O)Nc2c(F)cccc2C(=O)O)cc1=O. The molecule has 0 unspecified atom stereocenters. The van der Waals surface area contributed by atoms with Crippen LogP contribution in [0.4, 0.5) is 10.1 Å². The number of carboxylic acids is 1. The van der Waals surface area contributed by atoms with Gasteiger partial charge in [0.25, 0.3) is 11.5 Å². The van der Waals surface area contributed by atoms with Crippen LogP contribution in [0.2, 0.25) is 0 Å². The highest BCUT2D eigenvalue weighted by Crippen LogP contribution is 2.20. The van der Waals surface area contributed by atoms with Crippen LogP contribution in [-0.2, 0) is 7.05 Å². The Morgan fingerprint density at radius 3 is 2.62 bits per heavy atom. The predicted molar refractivity (Wildman–Crippen MR) is 73.0 cm³/mol. The number of carboxylic acid groups (broad SMARTS) is 1. The molecule has 0 radical (unpaired) electrons. The van der Waals surface area contributed by atoms with Gasteiger partial charge in [0.15, 0.2) is 0 Å². The molecule has 2 N–H and O–H groups in total. The molecule has 2 aromatic rings. The molecule has 0 saturated carbocycles. The molecule has 6 nitrogen and oxygen atoms in total. The van der Waals surface area contributed by atoms with Crippen molar-refractivity contribution in [3.05, 3.63) is 63.8 Å². The van der Waals surface area contributed by atoms with Crippen LogP contribution in [0.25, 0.3) is 0 Å². The molecule has 21 heavy (non-hydrogen) atoms. The molecule has 7 heteroatoms. The molecule has 0 bridgehead atoms. The lowest BCUT2D eigenvalue weighted by atomic mass is 10.1. The van der Waals surface area contributed by atoms with E-state index in [2.05, 4.69) is 5.32 Å². The third-order valence-electron chi connectivity index (χ3n) is 2.85. The second-order valence-electron chi connectivity index (χ2n) is 4.29. The van der Waals surface area contributed by atoms with Crippen molar-refractivity contribution in [1.29, 1.82) is 0 Å². The first-order valence-electron chi connectivity index (χ1n) is 5.90. The van der Waals surface area contributed by atoms with Crippen molar-refractivity contribution < 1.29 is 19.1 Å². The summed E-state index contributed by atoms with van der Waals surface area (Å²) in [7, 11) is 1.52. The lowest BCUT2D eigenvalue weighted by molar-refractivity contribution is 0.0697. The maximum atomic E-state index is 13.7. The summed E-state index contributed by atoms with van der Waals surface area (Å²) >= 11 is 0. The number of nitrogens with zero attached hydrogens (tertiary/aromatic N) is 1.